The second-order valence-corrected chi connectivity index (χ2v) is 3.79. The highest BCUT2D eigenvalue weighted by Crippen LogP contribution is 2.19. The Bertz CT molecular complexity index is 444. The van der Waals surface area contributed by atoms with Crippen molar-refractivity contribution in [1.82, 2.24) is 4.90 Å². The largest absolute Gasteiger partial charge is 0.508 e. The number of nitrogens with two attached hydrogens (primary N) is 1. The van der Waals surface area contributed by atoms with Gasteiger partial charge >= 0.3 is 0 Å². The predicted molar refractivity (Wildman–Crippen MR) is 70.9 cm³/mol. The monoisotopic (exact) mass is 250 g/mol. The van der Waals surface area contributed by atoms with Gasteiger partial charge in [0.2, 0.25) is 5.91 Å². The molecule has 0 aliphatic rings. The predicted octanol–water partition coefficient (Wildman–Crippen LogP) is 0.828. The second-order valence-electron chi connectivity index (χ2n) is 3.79. The molecule has 0 aliphatic heterocycles. The first-order valence-corrected chi connectivity index (χ1v) is 5.74. The van der Waals surface area contributed by atoms with E-state index >= 15 is 0 Å². The van der Waals surface area contributed by atoms with E-state index in [0.29, 0.717) is 24.3 Å². The third-order valence-electron chi connectivity index (χ3n) is 2.54. The molecule has 0 saturated carbocycles. The summed E-state index contributed by atoms with van der Waals surface area (Å²) in [4.78, 5) is 13.3. The van der Waals surface area contributed by atoms with Crippen LogP contribution >= 0.6 is 0 Å². The van der Waals surface area contributed by atoms with Crippen LogP contribution in [-0.4, -0.2) is 40.7 Å². The van der Waals surface area contributed by atoms with Crippen LogP contribution in [0.25, 0.3) is 6.08 Å². The van der Waals surface area contributed by atoms with Crippen LogP contribution in [-0.2, 0) is 4.79 Å². The molecule has 0 bridgehead atoms. The van der Waals surface area contributed by atoms with Gasteiger partial charge in [-0.3, -0.25) is 4.79 Å². The van der Waals surface area contributed by atoms with Crippen molar-refractivity contribution in [1.29, 1.82) is 0 Å². The van der Waals surface area contributed by atoms with Crippen molar-refractivity contribution in [2.75, 3.05) is 25.4 Å². The average molecular weight is 250 g/mol. The minimum atomic E-state index is -0.200. The molecule has 0 unspecified atom stereocenters. The van der Waals surface area contributed by atoms with Crippen molar-refractivity contribution in [3.63, 3.8) is 0 Å². The lowest BCUT2D eigenvalue weighted by atomic mass is 10.1. The molecule has 0 radical (unpaired) electrons. The summed E-state index contributed by atoms with van der Waals surface area (Å²) in [5, 5.41) is 18.1. The zero-order chi connectivity index (χ0) is 13.5. The molecular weight excluding hydrogens is 232 g/mol. The Kier molecular flexibility index (Phi) is 5.20. The van der Waals surface area contributed by atoms with Gasteiger partial charge in [0.05, 0.1) is 6.61 Å². The van der Waals surface area contributed by atoms with Crippen molar-refractivity contribution in [3.05, 3.63) is 29.8 Å². The number of phenolic OH excluding ortho intramolecular Hbond substituents is 1. The Hall–Kier alpha value is -2.01. The molecule has 1 rings (SSSR count). The SMILES string of the molecule is CCN(CCO)C(=O)C=Cc1cc(O)ccc1N. The lowest BCUT2D eigenvalue weighted by Gasteiger charge is -2.17. The quantitative estimate of drug-likeness (QED) is 0.410. The fourth-order valence-electron chi connectivity index (χ4n) is 1.52. The number of phenols is 1. The van der Waals surface area contributed by atoms with E-state index in [0.717, 1.165) is 0 Å². The number of aromatic hydroxyl groups is 1. The number of hydrogen-bond donors (Lipinski definition) is 3. The van der Waals surface area contributed by atoms with Crippen LogP contribution in [0.5, 0.6) is 5.75 Å². The Morgan fingerprint density at radius 2 is 2.22 bits per heavy atom. The Balaban J connectivity index is 2.79. The maximum Gasteiger partial charge on any atom is 0.246 e. The van der Waals surface area contributed by atoms with Gasteiger partial charge in [-0.15, -0.1) is 0 Å². The van der Waals surface area contributed by atoms with Crippen LogP contribution in [0.3, 0.4) is 0 Å². The molecular formula is C13H18N2O3. The van der Waals surface area contributed by atoms with E-state index in [4.69, 9.17) is 10.8 Å². The number of likely N-dealkylation sites (N-methyl/N-ethyl adjacent to an activating group) is 1. The zero-order valence-electron chi connectivity index (χ0n) is 10.3. The van der Waals surface area contributed by atoms with E-state index in [-0.39, 0.29) is 18.3 Å². The molecule has 5 nitrogen and oxygen atoms in total. The van der Waals surface area contributed by atoms with Gasteiger partial charge in [-0.1, -0.05) is 0 Å². The number of carbonyl (C=O) groups is 1. The minimum Gasteiger partial charge on any atom is -0.508 e. The molecule has 1 aromatic carbocycles. The fourth-order valence-corrected chi connectivity index (χ4v) is 1.52. The molecule has 0 aromatic heterocycles. The highest BCUT2D eigenvalue weighted by atomic mass is 16.3. The van der Waals surface area contributed by atoms with E-state index in [1.807, 2.05) is 6.92 Å². The standard InChI is InChI=1S/C13H18N2O3/c1-2-15(7-8-16)13(18)6-3-10-9-11(17)4-5-12(10)14/h3-6,9,16-17H,2,7-8,14H2,1H3. The molecule has 0 aliphatic carbocycles. The number of nitrogens with zero attached hydrogens (tertiary/aromatic N) is 1. The number of benzene rings is 1. The van der Waals surface area contributed by atoms with Crippen LogP contribution in [0, 0.1) is 0 Å². The number of amides is 1. The van der Waals surface area contributed by atoms with Gasteiger partial charge in [0.1, 0.15) is 5.75 Å². The van der Waals surface area contributed by atoms with Gasteiger partial charge < -0.3 is 20.8 Å². The summed E-state index contributed by atoms with van der Waals surface area (Å²) in [5.74, 6) is -0.103. The first kappa shape index (κ1) is 14.1. The van der Waals surface area contributed by atoms with Gasteiger partial charge in [0.15, 0.2) is 0 Å². The topological polar surface area (TPSA) is 86.8 Å². The molecule has 98 valence electrons. The molecule has 0 heterocycles. The van der Waals surface area contributed by atoms with Gasteiger partial charge in [-0.2, -0.15) is 0 Å². The van der Waals surface area contributed by atoms with Gasteiger partial charge in [-0.25, -0.2) is 0 Å². The van der Waals surface area contributed by atoms with Crippen molar-refractivity contribution in [2.24, 2.45) is 0 Å². The molecule has 0 atom stereocenters. The Morgan fingerprint density at radius 3 is 2.83 bits per heavy atom. The van der Waals surface area contributed by atoms with Gasteiger partial charge in [-0.05, 0) is 31.2 Å². The molecule has 4 N–H and O–H groups in total. The maximum atomic E-state index is 11.8. The molecule has 1 aromatic rings. The summed E-state index contributed by atoms with van der Waals surface area (Å²) in [7, 11) is 0. The normalized spacial score (nSPS) is 10.8. The number of anilines is 1. The molecule has 0 spiro atoms. The Morgan fingerprint density at radius 1 is 1.50 bits per heavy atom. The lowest BCUT2D eigenvalue weighted by molar-refractivity contribution is -0.126. The van der Waals surface area contributed by atoms with E-state index < -0.39 is 0 Å². The van der Waals surface area contributed by atoms with E-state index in [9.17, 15) is 9.90 Å². The third-order valence-corrected chi connectivity index (χ3v) is 2.54. The summed E-state index contributed by atoms with van der Waals surface area (Å²) >= 11 is 0. The number of rotatable bonds is 5. The number of nitrogen functional groups attached to an aromatic ring is 1. The number of hydrogen-bond acceptors (Lipinski definition) is 4. The van der Waals surface area contributed by atoms with Crippen LogP contribution in [0.1, 0.15) is 12.5 Å². The first-order valence-electron chi connectivity index (χ1n) is 5.74. The molecule has 0 fully saturated rings. The zero-order valence-corrected chi connectivity index (χ0v) is 10.3. The van der Waals surface area contributed by atoms with Gasteiger partial charge in [0.25, 0.3) is 0 Å². The van der Waals surface area contributed by atoms with Crippen molar-refractivity contribution < 1.29 is 15.0 Å². The van der Waals surface area contributed by atoms with Crippen molar-refractivity contribution in [2.45, 2.75) is 6.92 Å². The average Bonchev–Trinajstić information content (AvgIpc) is 2.36. The molecule has 0 saturated heterocycles. The first-order chi connectivity index (χ1) is 8.58. The smallest absolute Gasteiger partial charge is 0.246 e. The highest BCUT2D eigenvalue weighted by Gasteiger charge is 2.07. The number of aliphatic hydroxyl groups excluding tert-OH is 1. The molecule has 18 heavy (non-hydrogen) atoms. The van der Waals surface area contributed by atoms with Crippen LogP contribution in [0.4, 0.5) is 5.69 Å². The molecule has 5 heteroatoms. The molecule has 1 amide bonds. The lowest BCUT2D eigenvalue weighted by Crippen LogP contribution is -2.31. The summed E-state index contributed by atoms with van der Waals surface area (Å²) in [6.07, 6.45) is 2.93. The summed E-state index contributed by atoms with van der Waals surface area (Å²) < 4.78 is 0. The number of aliphatic hydroxyl groups is 1. The summed E-state index contributed by atoms with van der Waals surface area (Å²) in [6, 6.07) is 4.55. The second kappa shape index (κ2) is 6.66. The fraction of sp³-hybridized carbons (Fsp3) is 0.308. The van der Waals surface area contributed by atoms with E-state index in [1.54, 1.807) is 12.1 Å². The van der Waals surface area contributed by atoms with E-state index in [2.05, 4.69) is 0 Å². The van der Waals surface area contributed by atoms with Crippen LogP contribution in [0.2, 0.25) is 0 Å². The summed E-state index contributed by atoms with van der Waals surface area (Å²) in [6.45, 7) is 2.60. The van der Waals surface area contributed by atoms with Crippen molar-refractivity contribution >= 4 is 17.7 Å². The highest BCUT2D eigenvalue weighted by molar-refractivity contribution is 5.92. The minimum absolute atomic E-state index is 0.0678. The van der Waals surface area contributed by atoms with E-state index in [1.165, 1.54) is 23.1 Å². The van der Waals surface area contributed by atoms with Gasteiger partial charge in [0, 0.05) is 30.4 Å². The number of carbonyl (C=O) groups excluding carboxylic acids is 1. The van der Waals surface area contributed by atoms with Crippen LogP contribution in [0.15, 0.2) is 24.3 Å². The maximum absolute atomic E-state index is 11.8. The third kappa shape index (κ3) is 3.78. The van der Waals surface area contributed by atoms with Crippen LogP contribution < -0.4 is 5.73 Å². The Labute approximate surface area is 106 Å². The van der Waals surface area contributed by atoms with Crippen molar-refractivity contribution in [3.8, 4) is 5.75 Å². The summed E-state index contributed by atoms with van der Waals surface area (Å²) in [5.41, 5.74) is 6.79.